The second-order valence-electron chi connectivity index (χ2n) is 4.24. The summed E-state index contributed by atoms with van der Waals surface area (Å²) in [5, 5.41) is 12.8. The molecule has 5 heteroatoms. The number of rotatable bonds is 7. The lowest BCUT2D eigenvalue weighted by atomic mass is 10.1. The van der Waals surface area contributed by atoms with E-state index in [1.807, 2.05) is 6.92 Å². The molecule has 0 spiro atoms. The number of ether oxygens (including phenoxy) is 1. The maximum atomic E-state index is 13.4. The zero-order chi connectivity index (χ0) is 13.5. The van der Waals surface area contributed by atoms with Crippen LogP contribution in [0.15, 0.2) is 18.2 Å². The van der Waals surface area contributed by atoms with Crippen LogP contribution in [0.25, 0.3) is 0 Å². The molecule has 0 aliphatic rings. The summed E-state index contributed by atoms with van der Waals surface area (Å²) >= 11 is 0. The SMILES string of the molecule is COCCC(C)NCC(O)c1c(F)cccc1F. The van der Waals surface area contributed by atoms with E-state index in [1.165, 1.54) is 6.07 Å². The standard InChI is InChI=1S/C13H19F2NO2/c1-9(6-7-18-2)16-8-12(17)13-10(14)4-3-5-11(13)15/h3-5,9,12,16-17H,6-8H2,1-2H3. The molecule has 102 valence electrons. The zero-order valence-electron chi connectivity index (χ0n) is 10.6. The Morgan fingerprint density at radius 1 is 1.33 bits per heavy atom. The molecule has 0 fully saturated rings. The third-order valence-corrected chi connectivity index (χ3v) is 2.75. The fourth-order valence-corrected chi connectivity index (χ4v) is 1.64. The Kier molecular flexibility index (Phi) is 6.18. The van der Waals surface area contributed by atoms with Crippen LogP contribution in [0.4, 0.5) is 8.78 Å². The first-order valence-electron chi connectivity index (χ1n) is 5.90. The molecule has 0 aromatic heterocycles. The number of nitrogens with one attached hydrogen (secondary N) is 1. The molecule has 1 aromatic rings. The van der Waals surface area contributed by atoms with Gasteiger partial charge in [0.05, 0.1) is 11.7 Å². The van der Waals surface area contributed by atoms with E-state index < -0.39 is 17.7 Å². The molecule has 0 bridgehead atoms. The van der Waals surface area contributed by atoms with Crippen LogP contribution < -0.4 is 5.32 Å². The first-order valence-corrected chi connectivity index (χ1v) is 5.90. The molecule has 2 N–H and O–H groups in total. The number of methoxy groups -OCH3 is 1. The highest BCUT2D eigenvalue weighted by Crippen LogP contribution is 2.20. The van der Waals surface area contributed by atoms with E-state index in [0.29, 0.717) is 6.61 Å². The number of benzene rings is 1. The lowest BCUT2D eigenvalue weighted by molar-refractivity contribution is 0.152. The van der Waals surface area contributed by atoms with E-state index in [0.717, 1.165) is 18.6 Å². The van der Waals surface area contributed by atoms with Crippen LogP contribution in [0.1, 0.15) is 25.0 Å². The summed E-state index contributed by atoms with van der Waals surface area (Å²) in [6.45, 7) is 2.62. The van der Waals surface area contributed by atoms with Gasteiger partial charge in [-0.2, -0.15) is 0 Å². The molecule has 1 rings (SSSR count). The van der Waals surface area contributed by atoms with Crippen molar-refractivity contribution in [2.45, 2.75) is 25.5 Å². The first kappa shape index (κ1) is 15.0. The third kappa shape index (κ3) is 4.33. The van der Waals surface area contributed by atoms with Gasteiger partial charge in [-0.05, 0) is 25.5 Å². The minimum atomic E-state index is -1.20. The Morgan fingerprint density at radius 2 is 1.94 bits per heavy atom. The van der Waals surface area contributed by atoms with Crippen molar-refractivity contribution in [3.63, 3.8) is 0 Å². The summed E-state index contributed by atoms with van der Waals surface area (Å²) in [5.41, 5.74) is -0.288. The summed E-state index contributed by atoms with van der Waals surface area (Å²) in [5.74, 6) is -1.46. The van der Waals surface area contributed by atoms with Gasteiger partial charge < -0.3 is 15.2 Å². The number of aliphatic hydroxyl groups is 1. The number of hydrogen-bond acceptors (Lipinski definition) is 3. The van der Waals surface area contributed by atoms with Crippen molar-refractivity contribution in [2.24, 2.45) is 0 Å². The highest BCUT2D eigenvalue weighted by Gasteiger charge is 2.17. The van der Waals surface area contributed by atoms with E-state index in [9.17, 15) is 13.9 Å². The molecule has 0 saturated carbocycles. The Balaban J connectivity index is 2.52. The van der Waals surface area contributed by atoms with Gasteiger partial charge in [-0.3, -0.25) is 0 Å². The van der Waals surface area contributed by atoms with Gasteiger partial charge in [0.15, 0.2) is 0 Å². The molecular formula is C13H19F2NO2. The monoisotopic (exact) mass is 259 g/mol. The van der Waals surface area contributed by atoms with Crippen LogP contribution in [0.5, 0.6) is 0 Å². The number of hydrogen-bond donors (Lipinski definition) is 2. The van der Waals surface area contributed by atoms with Crippen LogP contribution in [-0.2, 0) is 4.74 Å². The van der Waals surface area contributed by atoms with Gasteiger partial charge in [0.1, 0.15) is 11.6 Å². The molecule has 2 unspecified atom stereocenters. The van der Waals surface area contributed by atoms with Gasteiger partial charge in [-0.25, -0.2) is 8.78 Å². The van der Waals surface area contributed by atoms with Gasteiger partial charge in [0, 0.05) is 26.3 Å². The number of halogens is 2. The van der Waals surface area contributed by atoms with Gasteiger partial charge in [0.2, 0.25) is 0 Å². The molecule has 0 amide bonds. The Morgan fingerprint density at radius 3 is 2.50 bits per heavy atom. The van der Waals surface area contributed by atoms with E-state index >= 15 is 0 Å². The minimum absolute atomic E-state index is 0.0999. The highest BCUT2D eigenvalue weighted by molar-refractivity contribution is 5.22. The van der Waals surface area contributed by atoms with Crippen molar-refractivity contribution in [3.8, 4) is 0 Å². The number of aliphatic hydroxyl groups excluding tert-OH is 1. The molecule has 0 saturated heterocycles. The van der Waals surface area contributed by atoms with E-state index in [-0.39, 0.29) is 18.2 Å². The van der Waals surface area contributed by atoms with Crippen LogP contribution in [0, 0.1) is 11.6 Å². The average molecular weight is 259 g/mol. The van der Waals surface area contributed by atoms with Crippen molar-refractivity contribution in [3.05, 3.63) is 35.4 Å². The van der Waals surface area contributed by atoms with Gasteiger partial charge in [-0.15, -0.1) is 0 Å². The predicted molar refractivity (Wildman–Crippen MR) is 65.3 cm³/mol. The smallest absolute Gasteiger partial charge is 0.131 e. The third-order valence-electron chi connectivity index (χ3n) is 2.75. The first-order chi connectivity index (χ1) is 8.56. The fourth-order valence-electron chi connectivity index (χ4n) is 1.64. The predicted octanol–water partition coefficient (Wildman–Crippen LogP) is 2.01. The van der Waals surface area contributed by atoms with Crippen molar-refractivity contribution in [1.82, 2.24) is 5.32 Å². The zero-order valence-corrected chi connectivity index (χ0v) is 10.6. The summed E-state index contributed by atoms with van der Waals surface area (Å²) < 4.78 is 31.7. The largest absolute Gasteiger partial charge is 0.387 e. The Bertz CT molecular complexity index is 354. The molecular weight excluding hydrogens is 240 g/mol. The van der Waals surface area contributed by atoms with Crippen molar-refractivity contribution in [1.29, 1.82) is 0 Å². The van der Waals surface area contributed by atoms with Crippen molar-refractivity contribution < 1.29 is 18.6 Å². The molecule has 3 nitrogen and oxygen atoms in total. The minimum Gasteiger partial charge on any atom is -0.387 e. The van der Waals surface area contributed by atoms with Crippen LogP contribution in [0.2, 0.25) is 0 Å². The highest BCUT2D eigenvalue weighted by atomic mass is 19.1. The van der Waals surface area contributed by atoms with Crippen molar-refractivity contribution in [2.75, 3.05) is 20.3 Å². The molecule has 1 aromatic carbocycles. The lowest BCUT2D eigenvalue weighted by Gasteiger charge is -2.17. The molecule has 0 radical (unpaired) electrons. The van der Waals surface area contributed by atoms with Crippen LogP contribution in [0.3, 0.4) is 0 Å². The van der Waals surface area contributed by atoms with Crippen molar-refractivity contribution >= 4 is 0 Å². The average Bonchev–Trinajstić information content (AvgIpc) is 2.33. The lowest BCUT2D eigenvalue weighted by Crippen LogP contribution is -2.31. The van der Waals surface area contributed by atoms with Gasteiger partial charge in [-0.1, -0.05) is 6.07 Å². The van der Waals surface area contributed by atoms with Gasteiger partial charge in [0.25, 0.3) is 0 Å². The molecule has 0 aliphatic carbocycles. The summed E-state index contributed by atoms with van der Waals surface area (Å²) in [4.78, 5) is 0. The summed E-state index contributed by atoms with van der Waals surface area (Å²) in [7, 11) is 1.61. The Hall–Kier alpha value is -1.04. The summed E-state index contributed by atoms with van der Waals surface area (Å²) in [6, 6.07) is 3.65. The quantitative estimate of drug-likeness (QED) is 0.787. The van der Waals surface area contributed by atoms with E-state index in [4.69, 9.17) is 4.74 Å². The molecule has 0 heterocycles. The molecule has 0 aliphatic heterocycles. The van der Waals surface area contributed by atoms with Crippen LogP contribution >= 0.6 is 0 Å². The van der Waals surface area contributed by atoms with Crippen LogP contribution in [-0.4, -0.2) is 31.4 Å². The molecule has 18 heavy (non-hydrogen) atoms. The fraction of sp³-hybridized carbons (Fsp3) is 0.538. The normalized spacial score (nSPS) is 14.5. The van der Waals surface area contributed by atoms with E-state index in [1.54, 1.807) is 7.11 Å². The van der Waals surface area contributed by atoms with E-state index in [2.05, 4.69) is 5.32 Å². The summed E-state index contributed by atoms with van der Waals surface area (Å²) in [6.07, 6.45) is -0.431. The maximum Gasteiger partial charge on any atom is 0.131 e. The topological polar surface area (TPSA) is 41.5 Å². The maximum absolute atomic E-state index is 13.4. The second kappa shape index (κ2) is 7.41. The molecule has 2 atom stereocenters. The van der Waals surface area contributed by atoms with Gasteiger partial charge >= 0.3 is 0 Å². The Labute approximate surface area is 106 Å². The second-order valence-corrected chi connectivity index (χ2v) is 4.24.